The lowest BCUT2D eigenvalue weighted by atomic mass is 9.78. The highest BCUT2D eigenvalue weighted by Crippen LogP contribution is 2.45. The van der Waals surface area contributed by atoms with E-state index in [-0.39, 0.29) is 17.4 Å². The van der Waals surface area contributed by atoms with Crippen LogP contribution in [0.4, 0.5) is 8.78 Å². The topological polar surface area (TPSA) is 17.1 Å². The van der Waals surface area contributed by atoms with Crippen LogP contribution in [0.15, 0.2) is 48.5 Å². The molecule has 0 radical (unpaired) electrons. The molecule has 3 heteroatoms. The van der Waals surface area contributed by atoms with E-state index in [1.54, 1.807) is 36.4 Å². The monoisotopic (exact) mass is 354 g/mol. The van der Waals surface area contributed by atoms with Crippen molar-refractivity contribution >= 4 is 5.78 Å². The Kier molecular flexibility index (Phi) is 4.88. The predicted molar refractivity (Wildman–Crippen MR) is 98.0 cm³/mol. The van der Waals surface area contributed by atoms with E-state index in [9.17, 15) is 13.6 Å². The molecule has 2 aromatic carbocycles. The van der Waals surface area contributed by atoms with Crippen LogP contribution in [-0.4, -0.2) is 5.78 Å². The number of ketones is 1. The lowest BCUT2D eigenvalue weighted by Gasteiger charge is -2.24. The smallest absolute Gasteiger partial charge is 0.148 e. The maximum absolute atomic E-state index is 14.5. The van der Waals surface area contributed by atoms with Crippen molar-refractivity contribution in [1.82, 2.24) is 0 Å². The number of halogens is 2. The minimum absolute atomic E-state index is 0.0148. The third-order valence-corrected chi connectivity index (χ3v) is 5.78. The molecule has 2 fully saturated rings. The number of benzene rings is 2. The number of hydrogen-bond donors (Lipinski definition) is 0. The van der Waals surface area contributed by atoms with Crippen LogP contribution in [0.1, 0.15) is 61.5 Å². The maximum Gasteiger partial charge on any atom is 0.148 e. The minimum Gasteiger partial charge on any atom is -0.298 e. The molecule has 2 aromatic rings. The van der Waals surface area contributed by atoms with Crippen molar-refractivity contribution in [2.75, 3.05) is 0 Å². The zero-order valence-electron chi connectivity index (χ0n) is 14.8. The fourth-order valence-corrected chi connectivity index (χ4v) is 3.92. The van der Waals surface area contributed by atoms with E-state index in [4.69, 9.17) is 0 Å². The molecule has 0 spiro atoms. The number of hydrogen-bond acceptors (Lipinski definition) is 1. The highest BCUT2D eigenvalue weighted by atomic mass is 19.1. The van der Waals surface area contributed by atoms with Gasteiger partial charge >= 0.3 is 0 Å². The summed E-state index contributed by atoms with van der Waals surface area (Å²) >= 11 is 0. The molecule has 0 bridgehead atoms. The van der Waals surface area contributed by atoms with Gasteiger partial charge in [-0.1, -0.05) is 62.1 Å². The average Bonchev–Trinajstić information content (AvgIpc) is 3.54. The molecule has 0 aliphatic heterocycles. The van der Waals surface area contributed by atoms with Crippen LogP contribution >= 0.6 is 0 Å². The van der Waals surface area contributed by atoms with Crippen LogP contribution in [-0.2, 0) is 4.79 Å². The van der Waals surface area contributed by atoms with Crippen molar-refractivity contribution in [3.8, 4) is 0 Å². The second-order valence-corrected chi connectivity index (χ2v) is 7.91. The molecule has 136 valence electrons. The maximum atomic E-state index is 14.5. The van der Waals surface area contributed by atoms with E-state index >= 15 is 0 Å². The van der Waals surface area contributed by atoms with Crippen LogP contribution in [0.2, 0.25) is 0 Å². The van der Waals surface area contributed by atoms with Gasteiger partial charge in [0.05, 0.1) is 0 Å². The molecule has 2 atom stereocenters. The molecule has 4 rings (SSSR count). The van der Waals surface area contributed by atoms with Gasteiger partial charge in [0.2, 0.25) is 0 Å². The summed E-state index contributed by atoms with van der Waals surface area (Å²) in [5, 5.41) is 0. The quantitative estimate of drug-likeness (QED) is 0.568. The number of Topliss-reactive ketones (excluding diaryl/α,β-unsaturated/α-hetero) is 1. The van der Waals surface area contributed by atoms with Gasteiger partial charge in [-0.3, -0.25) is 4.79 Å². The first-order chi connectivity index (χ1) is 12.6. The van der Waals surface area contributed by atoms with Crippen molar-refractivity contribution in [2.45, 2.75) is 50.4 Å². The van der Waals surface area contributed by atoms with Crippen molar-refractivity contribution in [3.05, 3.63) is 71.3 Å². The zero-order chi connectivity index (χ0) is 18.1. The Morgan fingerprint density at radius 3 is 1.50 bits per heavy atom. The minimum atomic E-state index is -0.480. The summed E-state index contributed by atoms with van der Waals surface area (Å²) in [6.45, 7) is 0. The Morgan fingerprint density at radius 1 is 0.769 bits per heavy atom. The SMILES string of the molecule is O=C(C(CC1CC1)c1ccccc1F)C(CC1CC1)c1ccccc1F. The van der Waals surface area contributed by atoms with E-state index in [1.165, 1.54) is 12.1 Å². The largest absolute Gasteiger partial charge is 0.298 e. The molecule has 1 nitrogen and oxygen atoms in total. The van der Waals surface area contributed by atoms with Gasteiger partial charge in [-0.15, -0.1) is 0 Å². The van der Waals surface area contributed by atoms with E-state index in [0.717, 1.165) is 25.7 Å². The lowest BCUT2D eigenvalue weighted by molar-refractivity contribution is -0.122. The summed E-state index contributed by atoms with van der Waals surface area (Å²) < 4.78 is 28.9. The Hall–Kier alpha value is -2.03. The molecule has 0 N–H and O–H groups in total. The van der Waals surface area contributed by atoms with Gasteiger partial charge in [-0.2, -0.15) is 0 Å². The van der Waals surface area contributed by atoms with Crippen molar-refractivity contribution < 1.29 is 13.6 Å². The number of rotatable bonds is 8. The molecular formula is C23H24F2O. The van der Waals surface area contributed by atoms with Crippen molar-refractivity contribution in [3.63, 3.8) is 0 Å². The summed E-state index contributed by atoms with van der Waals surface area (Å²) in [4.78, 5) is 13.5. The van der Waals surface area contributed by atoms with Gasteiger partial charge in [-0.05, 0) is 47.9 Å². The first-order valence-electron chi connectivity index (χ1n) is 9.66. The summed E-state index contributed by atoms with van der Waals surface area (Å²) in [5.74, 6) is -0.648. The standard InChI is InChI=1S/C23H24F2O/c24-21-7-3-1-5-17(21)19(13-15-9-10-15)23(26)20(14-16-11-12-16)18-6-2-4-8-22(18)25/h1-8,15-16,19-20H,9-14H2. The molecule has 2 saturated carbocycles. The average molecular weight is 354 g/mol. The van der Waals surface area contributed by atoms with Gasteiger partial charge < -0.3 is 0 Å². The Bertz CT molecular complexity index is 727. The highest BCUT2D eigenvalue weighted by molar-refractivity contribution is 5.92. The third kappa shape index (κ3) is 3.87. The van der Waals surface area contributed by atoms with Crippen LogP contribution in [0.3, 0.4) is 0 Å². The van der Waals surface area contributed by atoms with Crippen LogP contribution in [0, 0.1) is 23.5 Å². The molecule has 2 aliphatic carbocycles. The van der Waals surface area contributed by atoms with Gasteiger partial charge in [0, 0.05) is 11.8 Å². The summed E-state index contributed by atoms with van der Waals surface area (Å²) in [5.41, 5.74) is 0.947. The molecule has 0 amide bonds. The van der Waals surface area contributed by atoms with E-state index in [1.807, 2.05) is 0 Å². The molecule has 2 aliphatic rings. The van der Waals surface area contributed by atoms with Crippen LogP contribution < -0.4 is 0 Å². The Balaban J connectivity index is 1.69. The first-order valence-corrected chi connectivity index (χ1v) is 9.66. The van der Waals surface area contributed by atoms with Crippen molar-refractivity contribution in [2.24, 2.45) is 11.8 Å². The molecule has 26 heavy (non-hydrogen) atoms. The van der Waals surface area contributed by atoms with Gasteiger partial charge in [0.15, 0.2) is 0 Å². The van der Waals surface area contributed by atoms with Gasteiger partial charge in [-0.25, -0.2) is 8.78 Å². The fraction of sp³-hybridized carbons (Fsp3) is 0.435. The van der Waals surface area contributed by atoms with E-state index in [0.29, 0.717) is 35.8 Å². The first kappa shape index (κ1) is 17.4. The van der Waals surface area contributed by atoms with Crippen LogP contribution in [0.5, 0.6) is 0 Å². The molecule has 2 unspecified atom stereocenters. The predicted octanol–water partition coefficient (Wildman–Crippen LogP) is 6.00. The second kappa shape index (κ2) is 7.30. The highest BCUT2D eigenvalue weighted by Gasteiger charge is 2.38. The normalized spacial score (nSPS) is 19.2. The second-order valence-electron chi connectivity index (χ2n) is 7.91. The summed E-state index contributed by atoms with van der Waals surface area (Å²) in [6.07, 6.45) is 5.76. The van der Waals surface area contributed by atoms with Gasteiger partial charge in [0.1, 0.15) is 17.4 Å². The summed E-state index contributed by atoms with van der Waals surface area (Å²) in [7, 11) is 0. The lowest BCUT2D eigenvalue weighted by Crippen LogP contribution is -2.23. The Morgan fingerprint density at radius 2 is 1.15 bits per heavy atom. The molecule has 0 heterocycles. The number of carbonyl (C=O) groups is 1. The van der Waals surface area contributed by atoms with E-state index in [2.05, 4.69) is 0 Å². The van der Waals surface area contributed by atoms with E-state index < -0.39 is 11.8 Å². The molecular weight excluding hydrogens is 330 g/mol. The molecule has 0 saturated heterocycles. The fourth-order valence-electron chi connectivity index (χ4n) is 3.92. The van der Waals surface area contributed by atoms with Gasteiger partial charge in [0.25, 0.3) is 0 Å². The third-order valence-electron chi connectivity index (χ3n) is 5.78. The zero-order valence-corrected chi connectivity index (χ0v) is 14.8. The molecule has 0 aromatic heterocycles. The summed E-state index contributed by atoms with van der Waals surface area (Å²) in [6, 6.07) is 13.1. The van der Waals surface area contributed by atoms with Crippen LogP contribution in [0.25, 0.3) is 0 Å². The number of carbonyl (C=O) groups excluding carboxylic acids is 1. The Labute approximate surface area is 153 Å². The van der Waals surface area contributed by atoms with Crippen molar-refractivity contribution in [1.29, 1.82) is 0 Å².